The lowest BCUT2D eigenvalue weighted by Crippen LogP contribution is -2.30. The van der Waals surface area contributed by atoms with Crippen LogP contribution in [0.15, 0.2) is 97.2 Å². The zero-order chi connectivity index (χ0) is 59.9. The van der Waals surface area contributed by atoms with Crippen LogP contribution in [0, 0.1) is 0 Å². The summed E-state index contributed by atoms with van der Waals surface area (Å²) in [6, 6.07) is 0. The van der Waals surface area contributed by atoms with Crippen molar-refractivity contribution >= 4 is 17.9 Å². The van der Waals surface area contributed by atoms with Crippen LogP contribution in [-0.4, -0.2) is 37.2 Å². The van der Waals surface area contributed by atoms with Gasteiger partial charge in [-0.25, -0.2) is 0 Å². The summed E-state index contributed by atoms with van der Waals surface area (Å²) in [5, 5.41) is 0. The van der Waals surface area contributed by atoms with Gasteiger partial charge in [0.05, 0.1) is 0 Å². The van der Waals surface area contributed by atoms with Gasteiger partial charge < -0.3 is 14.2 Å². The molecular weight excluding hydrogens is 1020 g/mol. The number of rotatable bonds is 65. The van der Waals surface area contributed by atoms with E-state index >= 15 is 0 Å². The minimum Gasteiger partial charge on any atom is -0.462 e. The highest BCUT2D eigenvalue weighted by molar-refractivity contribution is 5.71. The van der Waals surface area contributed by atoms with Gasteiger partial charge in [0.15, 0.2) is 6.10 Å². The molecule has 0 radical (unpaired) electrons. The van der Waals surface area contributed by atoms with Crippen molar-refractivity contribution in [3.05, 3.63) is 97.2 Å². The van der Waals surface area contributed by atoms with Gasteiger partial charge in [-0.05, 0) is 96.3 Å². The van der Waals surface area contributed by atoms with E-state index in [2.05, 4.69) is 118 Å². The van der Waals surface area contributed by atoms with Gasteiger partial charge in [0.2, 0.25) is 0 Å². The van der Waals surface area contributed by atoms with Gasteiger partial charge in [-0.1, -0.05) is 336 Å². The van der Waals surface area contributed by atoms with E-state index in [0.717, 1.165) is 109 Å². The van der Waals surface area contributed by atoms with E-state index in [0.29, 0.717) is 19.3 Å². The summed E-state index contributed by atoms with van der Waals surface area (Å²) in [6.07, 6.45) is 96.2. The molecule has 0 aromatic carbocycles. The maximum Gasteiger partial charge on any atom is 0.306 e. The summed E-state index contributed by atoms with van der Waals surface area (Å²) >= 11 is 0. The summed E-state index contributed by atoms with van der Waals surface area (Å²) in [7, 11) is 0. The van der Waals surface area contributed by atoms with Crippen LogP contribution in [0.1, 0.15) is 355 Å². The zero-order valence-electron chi connectivity index (χ0n) is 54.9. The molecule has 0 fully saturated rings. The summed E-state index contributed by atoms with van der Waals surface area (Å²) in [6.45, 7) is 6.42. The average molecular weight is 1160 g/mol. The van der Waals surface area contributed by atoms with Crippen molar-refractivity contribution in [1.29, 1.82) is 0 Å². The maximum absolute atomic E-state index is 12.9. The zero-order valence-corrected chi connectivity index (χ0v) is 54.9. The molecule has 0 aliphatic rings. The Kier molecular flexibility index (Phi) is 67.7. The van der Waals surface area contributed by atoms with E-state index in [1.807, 2.05) is 0 Å². The van der Waals surface area contributed by atoms with Crippen molar-refractivity contribution in [3.8, 4) is 0 Å². The Morgan fingerprint density at radius 1 is 0.253 bits per heavy atom. The Labute approximate surface area is 515 Å². The van der Waals surface area contributed by atoms with Crippen molar-refractivity contribution in [2.75, 3.05) is 13.2 Å². The van der Waals surface area contributed by atoms with E-state index in [9.17, 15) is 14.4 Å². The van der Waals surface area contributed by atoms with Crippen molar-refractivity contribution in [3.63, 3.8) is 0 Å². The quantitative estimate of drug-likeness (QED) is 0.0261. The van der Waals surface area contributed by atoms with Crippen molar-refractivity contribution < 1.29 is 28.6 Å². The van der Waals surface area contributed by atoms with Crippen LogP contribution in [-0.2, 0) is 28.6 Å². The number of esters is 3. The molecule has 0 aliphatic carbocycles. The van der Waals surface area contributed by atoms with E-state index < -0.39 is 6.10 Å². The Morgan fingerprint density at radius 2 is 0.470 bits per heavy atom. The summed E-state index contributed by atoms with van der Waals surface area (Å²) in [4.78, 5) is 38.2. The van der Waals surface area contributed by atoms with Gasteiger partial charge in [-0.2, -0.15) is 0 Å². The number of carbonyl (C=O) groups excluding carboxylic acids is 3. The lowest BCUT2D eigenvalue weighted by atomic mass is 10.0. The second-order valence-electron chi connectivity index (χ2n) is 23.7. The molecule has 0 aromatic rings. The summed E-state index contributed by atoms with van der Waals surface area (Å²) < 4.78 is 16.9. The van der Waals surface area contributed by atoms with Crippen LogP contribution in [0.4, 0.5) is 0 Å². The highest BCUT2D eigenvalue weighted by Gasteiger charge is 2.19. The Bertz CT molecular complexity index is 1610. The van der Waals surface area contributed by atoms with Crippen molar-refractivity contribution in [2.45, 2.75) is 361 Å². The minimum absolute atomic E-state index is 0.0723. The third kappa shape index (κ3) is 69.0. The first kappa shape index (κ1) is 79.3. The molecule has 0 bridgehead atoms. The van der Waals surface area contributed by atoms with Gasteiger partial charge >= 0.3 is 17.9 Å². The average Bonchev–Trinajstić information content (AvgIpc) is 3.50. The minimum atomic E-state index is -0.774. The van der Waals surface area contributed by atoms with E-state index in [1.54, 1.807) is 0 Å². The number of carbonyl (C=O) groups is 3. The van der Waals surface area contributed by atoms with Gasteiger partial charge in [-0.3, -0.25) is 14.4 Å². The topological polar surface area (TPSA) is 78.9 Å². The molecular formula is C77H134O6. The predicted molar refractivity (Wildman–Crippen MR) is 362 cm³/mol. The van der Waals surface area contributed by atoms with Crippen LogP contribution >= 0.6 is 0 Å². The maximum atomic E-state index is 12.9. The lowest BCUT2D eigenvalue weighted by molar-refractivity contribution is -0.167. The molecule has 1 atom stereocenters. The number of unbranched alkanes of at least 4 members (excludes halogenated alkanes) is 38. The third-order valence-electron chi connectivity index (χ3n) is 15.6. The monoisotopic (exact) mass is 1160 g/mol. The molecule has 0 rings (SSSR count). The van der Waals surface area contributed by atoms with Gasteiger partial charge in [0, 0.05) is 19.3 Å². The molecule has 0 heterocycles. The molecule has 0 N–H and O–H groups in total. The van der Waals surface area contributed by atoms with Gasteiger partial charge in [0.25, 0.3) is 0 Å². The van der Waals surface area contributed by atoms with Crippen LogP contribution < -0.4 is 0 Å². The third-order valence-corrected chi connectivity index (χ3v) is 15.6. The molecule has 0 aromatic heterocycles. The van der Waals surface area contributed by atoms with Crippen molar-refractivity contribution in [1.82, 2.24) is 0 Å². The van der Waals surface area contributed by atoms with Gasteiger partial charge in [-0.15, -0.1) is 0 Å². The predicted octanol–water partition coefficient (Wildman–Crippen LogP) is 24.8. The summed E-state index contributed by atoms with van der Waals surface area (Å²) in [5.41, 5.74) is 0. The number of allylic oxidation sites excluding steroid dienone is 16. The van der Waals surface area contributed by atoms with Crippen LogP contribution in [0.2, 0.25) is 0 Å². The van der Waals surface area contributed by atoms with Crippen LogP contribution in [0.5, 0.6) is 0 Å². The highest BCUT2D eigenvalue weighted by atomic mass is 16.6. The first-order chi connectivity index (χ1) is 41.0. The van der Waals surface area contributed by atoms with E-state index in [1.165, 1.54) is 205 Å². The molecule has 1 unspecified atom stereocenters. The first-order valence-electron chi connectivity index (χ1n) is 35.7. The number of hydrogen-bond acceptors (Lipinski definition) is 6. The number of ether oxygens (including phenoxy) is 3. The smallest absolute Gasteiger partial charge is 0.306 e. The molecule has 6 heteroatoms. The first-order valence-corrected chi connectivity index (χ1v) is 35.7. The fourth-order valence-corrected chi connectivity index (χ4v) is 10.3. The lowest BCUT2D eigenvalue weighted by Gasteiger charge is -2.18. The second kappa shape index (κ2) is 70.8. The van der Waals surface area contributed by atoms with Crippen LogP contribution in [0.25, 0.3) is 0 Å². The SMILES string of the molecule is CC/C=C\C/C=C\C/C=C\C/C=C\CCCCCCCCCCCCCCCCCCCCC(=O)OCC(COC(=O)CCCCCCCCC)OC(=O)CCCCCCCCCCCCCCCC/C=C\C/C=C\C/C=C\C/C=C\CC. The molecule has 0 saturated carbocycles. The Hall–Kier alpha value is -3.67. The van der Waals surface area contributed by atoms with Gasteiger partial charge in [0.1, 0.15) is 13.2 Å². The summed E-state index contributed by atoms with van der Waals surface area (Å²) in [5.74, 6) is -0.862. The number of hydrogen-bond donors (Lipinski definition) is 0. The molecule has 0 saturated heterocycles. The molecule has 83 heavy (non-hydrogen) atoms. The molecule has 6 nitrogen and oxygen atoms in total. The van der Waals surface area contributed by atoms with E-state index in [-0.39, 0.29) is 31.1 Å². The molecule has 0 aliphatic heterocycles. The van der Waals surface area contributed by atoms with Crippen LogP contribution in [0.3, 0.4) is 0 Å². The standard InChI is InChI=1S/C77H134O6/c1-4-7-10-13-16-18-20-22-24-26-28-30-32-34-36-37-38-39-41-42-44-46-48-50-52-54-56-58-61-64-67-70-76(79)82-73-74(72-81-75(78)69-66-63-60-15-12-9-6-3)83-77(80)71-68-65-62-59-57-55-53-51-49-47-45-43-40-35-33-31-29-27-25-23-21-19-17-14-11-8-5-2/h7-8,10-11,16-19,22-25,28-31,74H,4-6,9,12-15,20-21,26-27,32-73H2,1-3H3/b10-7-,11-8-,18-16-,19-17-,24-22-,25-23-,30-28-,31-29-. The second-order valence-corrected chi connectivity index (χ2v) is 23.7. The van der Waals surface area contributed by atoms with Crippen molar-refractivity contribution in [2.24, 2.45) is 0 Å². The molecule has 478 valence electrons. The van der Waals surface area contributed by atoms with E-state index in [4.69, 9.17) is 14.2 Å². The largest absolute Gasteiger partial charge is 0.462 e. The normalized spacial score (nSPS) is 12.7. The Morgan fingerprint density at radius 3 is 0.735 bits per heavy atom. The Balaban J connectivity index is 4.03. The highest BCUT2D eigenvalue weighted by Crippen LogP contribution is 2.18. The fourth-order valence-electron chi connectivity index (χ4n) is 10.3. The fraction of sp³-hybridized carbons (Fsp3) is 0.753. The molecule has 0 spiro atoms. The molecule has 0 amide bonds.